The average molecular weight is 394 g/mol. The van der Waals surface area contributed by atoms with Gasteiger partial charge in [0.25, 0.3) is 0 Å². The summed E-state index contributed by atoms with van der Waals surface area (Å²) in [6, 6.07) is 15.5. The first kappa shape index (κ1) is 18.1. The summed E-state index contributed by atoms with van der Waals surface area (Å²) in [7, 11) is 0. The van der Waals surface area contributed by atoms with Gasteiger partial charge in [0, 0.05) is 28.6 Å². The largest absolute Gasteiger partial charge is 0.507 e. The van der Waals surface area contributed by atoms with E-state index in [0.29, 0.717) is 18.1 Å². The van der Waals surface area contributed by atoms with Crippen molar-refractivity contribution in [2.75, 3.05) is 12.3 Å². The molecule has 0 amide bonds. The molecule has 1 aliphatic carbocycles. The summed E-state index contributed by atoms with van der Waals surface area (Å²) in [5, 5.41) is 10.7. The van der Waals surface area contributed by atoms with E-state index in [0.717, 1.165) is 5.56 Å². The zero-order valence-corrected chi connectivity index (χ0v) is 15.5. The quantitative estimate of drug-likeness (QED) is 0.403. The molecule has 3 aromatic rings. The van der Waals surface area contributed by atoms with Gasteiger partial charge in [0.1, 0.15) is 11.5 Å². The minimum absolute atomic E-state index is 0.0328. The van der Waals surface area contributed by atoms with E-state index in [-0.39, 0.29) is 39.4 Å². The summed E-state index contributed by atoms with van der Waals surface area (Å²) in [6.45, 7) is 0.306. The van der Waals surface area contributed by atoms with Crippen LogP contribution in [-0.2, 0) is 6.42 Å². The molecular weight excluding hydrogens is 378 g/mol. The normalized spacial score (nSPS) is 12.5. The van der Waals surface area contributed by atoms with Crippen molar-refractivity contribution in [1.29, 1.82) is 0 Å². The number of aromatic hydroxyl groups is 1. The molecule has 3 N–H and O–H groups in total. The van der Waals surface area contributed by atoms with Gasteiger partial charge in [0.15, 0.2) is 11.6 Å². The summed E-state index contributed by atoms with van der Waals surface area (Å²) in [5.74, 6) is -1.11. The highest BCUT2D eigenvalue weighted by atomic mass is 35.5. The van der Waals surface area contributed by atoms with E-state index in [4.69, 9.17) is 22.1 Å². The number of ketones is 2. The van der Waals surface area contributed by atoms with Crippen molar-refractivity contribution < 1.29 is 19.4 Å². The Morgan fingerprint density at radius 1 is 0.929 bits per heavy atom. The molecule has 3 aromatic carbocycles. The molecule has 0 fully saturated rings. The highest BCUT2D eigenvalue weighted by molar-refractivity contribution is 6.34. The lowest BCUT2D eigenvalue weighted by atomic mass is 9.82. The molecule has 0 saturated carbocycles. The van der Waals surface area contributed by atoms with E-state index in [2.05, 4.69) is 0 Å². The number of hydrogen-bond donors (Lipinski definition) is 2. The van der Waals surface area contributed by atoms with Crippen LogP contribution in [0.15, 0.2) is 54.6 Å². The van der Waals surface area contributed by atoms with E-state index < -0.39 is 11.6 Å². The lowest BCUT2D eigenvalue weighted by Crippen LogP contribution is -2.23. The molecule has 0 aromatic heterocycles. The molecule has 0 bridgehead atoms. The van der Waals surface area contributed by atoms with Gasteiger partial charge in [-0.05, 0) is 23.8 Å². The fourth-order valence-corrected chi connectivity index (χ4v) is 3.51. The van der Waals surface area contributed by atoms with Crippen LogP contribution in [0.3, 0.4) is 0 Å². The van der Waals surface area contributed by atoms with Gasteiger partial charge in [-0.25, -0.2) is 0 Å². The number of carbonyl (C=O) groups is 2. The van der Waals surface area contributed by atoms with Gasteiger partial charge in [-0.15, -0.1) is 0 Å². The second kappa shape index (κ2) is 7.02. The van der Waals surface area contributed by atoms with E-state index in [1.807, 2.05) is 30.3 Å². The zero-order chi connectivity index (χ0) is 19.8. The van der Waals surface area contributed by atoms with Crippen molar-refractivity contribution >= 4 is 28.9 Å². The van der Waals surface area contributed by atoms with E-state index in [1.54, 1.807) is 0 Å². The SMILES string of the molecule is Nc1c(OCCc2ccccc2)cc(O)c2c1C(=O)c1ccc(Cl)cc1C2=O. The number of anilines is 1. The first-order valence-electron chi connectivity index (χ1n) is 8.68. The number of phenolic OH excluding ortho intramolecular Hbond substituents is 1. The number of nitrogen functional groups attached to an aromatic ring is 1. The van der Waals surface area contributed by atoms with Gasteiger partial charge in [0.05, 0.1) is 23.4 Å². The van der Waals surface area contributed by atoms with Crippen molar-refractivity contribution in [2.45, 2.75) is 6.42 Å². The fourth-order valence-electron chi connectivity index (χ4n) is 3.34. The average Bonchev–Trinajstić information content (AvgIpc) is 2.69. The molecule has 1 aliphatic rings. The third-order valence-electron chi connectivity index (χ3n) is 4.72. The number of ether oxygens (including phenoxy) is 1. The van der Waals surface area contributed by atoms with Crippen LogP contribution in [-0.4, -0.2) is 23.3 Å². The molecule has 0 aliphatic heterocycles. The Kier molecular flexibility index (Phi) is 4.53. The highest BCUT2D eigenvalue weighted by Crippen LogP contribution is 2.41. The topological polar surface area (TPSA) is 89.6 Å². The van der Waals surface area contributed by atoms with Gasteiger partial charge in [-0.1, -0.05) is 41.9 Å². The van der Waals surface area contributed by atoms with Crippen LogP contribution in [0, 0.1) is 0 Å². The monoisotopic (exact) mass is 393 g/mol. The van der Waals surface area contributed by atoms with Crippen LogP contribution < -0.4 is 10.5 Å². The van der Waals surface area contributed by atoms with Gasteiger partial charge in [-0.2, -0.15) is 0 Å². The maximum Gasteiger partial charge on any atom is 0.198 e. The zero-order valence-electron chi connectivity index (χ0n) is 14.7. The lowest BCUT2D eigenvalue weighted by molar-refractivity contribution is 0.0977. The number of hydrogen-bond acceptors (Lipinski definition) is 5. The van der Waals surface area contributed by atoms with Crippen molar-refractivity contribution in [3.05, 3.63) is 87.4 Å². The van der Waals surface area contributed by atoms with E-state index >= 15 is 0 Å². The number of phenols is 1. The van der Waals surface area contributed by atoms with Gasteiger partial charge in [-0.3, -0.25) is 9.59 Å². The smallest absolute Gasteiger partial charge is 0.198 e. The van der Waals surface area contributed by atoms with Crippen LogP contribution in [0.2, 0.25) is 5.02 Å². The molecule has 0 unspecified atom stereocenters. The van der Waals surface area contributed by atoms with E-state index in [9.17, 15) is 14.7 Å². The molecule has 28 heavy (non-hydrogen) atoms. The predicted octanol–water partition coefficient (Wildman–Crippen LogP) is 4.02. The molecule has 140 valence electrons. The minimum atomic E-state index is -0.493. The molecule has 0 atom stereocenters. The Morgan fingerprint density at radius 2 is 1.64 bits per heavy atom. The van der Waals surface area contributed by atoms with Crippen LogP contribution in [0.4, 0.5) is 5.69 Å². The highest BCUT2D eigenvalue weighted by Gasteiger charge is 2.35. The van der Waals surface area contributed by atoms with Crippen molar-refractivity contribution in [3.8, 4) is 11.5 Å². The van der Waals surface area contributed by atoms with Crippen LogP contribution >= 0.6 is 11.6 Å². The Hall–Kier alpha value is -3.31. The third-order valence-corrected chi connectivity index (χ3v) is 4.96. The third kappa shape index (κ3) is 3.00. The molecule has 0 spiro atoms. The van der Waals surface area contributed by atoms with Gasteiger partial charge >= 0.3 is 0 Å². The minimum Gasteiger partial charge on any atom is -0.507 e. The molecular formula is C22H16ClNO4. The summed E-state index contributed by atoms with van der Waals surface area (Å²) in [4.78, 5) is 25.8. The van der Waals surface area contributed by atoms with Crippen LogP contribution in [0.5, 0.6) is 11.5 Å². The number of carbonyl (C=O) groups excluding carboxylic acids is 2. The molecule has 0 saturated heterocycles. The van der Waals surface area contributed by atoms with Gasteiger partial charge in [0.2, 0.25) is 0 Å². The first-order valence-corrected chi connectivity index (χ1v) is 9.06. The lowest BCUT2D eigenvalue weighted by Gasteiger charge is -2.22. The van der Waals surface area contributed by atoms with Crippen molar-refractivity contribution in [3.63, 3.8) is 0 Å². The standard InChI is InChI=1S/C22H16ClNO4/c23-13-6-7-14-15(10-13)22(27)18-16(25)11-17(20(24)19(18)21(14)26)28-9-8-12-4-2-1-3-5-12/h1-7,10-11,25H,8-9,24H2. The number of halogens is 1. The second-order valence-electron chi connectivity index (χ2n) is 6.49. The second-order valence-corrected chi connectivity index (χ2v) is 6.93. The van der Waals surface area contributed by atoms with Crippen LogP contribution in [0.25, 0.3) is 0 Å². The molecule has 5 nitrogen and oxygen atoms in total. The molecule has 0 radical (unpaired) electrons. The van der Waals surface area contributed by atoms with Gasteiger partial charge < -0.3 is 15.6 Å². The maximum atomic E-state index is 12.9. The maximum absolute atomic E-state index is 12.9. The Balaban J connectivity index is 1.69. The number of nitrogens with two attached hydrogens (primary N) is 1. The fraction of sp³-hybridized carbons (Fsp3) is 0.0909. The Bertz CT molecular complexity index is 1110. The summed E-state index contributed by atoms with van der Waals surface area (Å²) >= 11 is 5.95. The number of rotatable bonds is 4. The molecule has 6 heteroatoms. The Labute approximate surface area is 166 Å². The summed E-state index contributed by atoms with van der Waals surface area (Å²) in [6.07, 6.45) is 0.631. The molecule has 4 rings (SSSR count). The van der Waals surface area contributed by atoms with Crippen molar-refractivity contribution in [1.82, 2.24) is 0 Å². The summed E-state index contributed by atoms with van der Waals surface area (Å²) < 4.78 is 5.71. The summed E-state index contributed by atoms with van der Waals surface area (Å²) in [5.41, 5.74) is 7.48. The van der Waals surface area contributed by atoms with Crippen LogP contribution in [0.1, 0.15) is 37.4 Å². The number of benzene rings is 3. The predicted molar refractivity (Wildman–Crippen MR) is 106 cm³/mol. The number of fused-ring (bicyclic) bond motifs is 2. The first-order chi connectivity index (χ1) is 13.5. The van der Waals surface area contributed by atoms with Crippen molar-refractivity contribution in [2.24, 2.45) is 0 Å². The molecule has 0 heterocycles. The Morgan fingerprint density at radius 3 is 2.39 bits per heavy atom. The van der Waals surface area contributed by atoms with E-state index in [1.165, 1.54) is 24.3 Å².